The van der Waals surface area contributed by atoms with Crippen molar-refractivity contribution >= 4 is 39.1 Å². The molecule has 2 amide bonds. The SMILES string of the molecule is O=C(Cc1ccc2c(c1)CC(=O)N2)Nc1ccccc1Br. The van der Waals surface area contributed by atoms with Gasteiger partial charge in [-0.25, -0.2) is 0 Å². The molecule has 2 N–H and O–H groups in total. The smallest absolute Gasteiger partial charge is 0.228 e. The Morgan fingerprint density at radius 1 is 1.24 bits per heavy atom. The fraction of sp³-hybridized carbons (Fsp3) is 0.125. The van der Waals surface area contributed by atoms with Crippen LogP contribution in [0.5, 0.6) is 0 Å². The zero-order valence-corrected chi connectivity index (χ0v) is 12.7. The third kappa shape index (κ3) is 3.13. The summed E-state index contributed by atoms with van der Waals surface area (Å²) >= 11 is 3.40. The first-order valence-corrected chi connectivity index (χ1v) is 7.37. The molecule has 106 valence electrons. The lowest BCUT2D eigenvalue weighted by molar-refractivity contribution is -0.116. The van der Waals surface area contributed by atoms with E-state index in [1.54, 1.807) is 0 Å². The number of carbonyl (C=O) groups excluding carboxylic acids is 2. The molecule has 0 aliphatic carbocycles. The minimum atomic E-state index is -0.0841. The van der Waals surface area contributed by atoms with Crippen molar-refractivity contribution in [3.05, 3.63) is 58.1 Å². The van der Waals surface area contributed by atoms with Gasteiger partial charge in [0.05, 0.1) is 18.5 Å². The van der Waals surface area contributed by atoms with E-state index in [-0.39, 0.29) is 18.2 Å². The summed E-state index contributed by atoms with van der Waals surface area (Å²) in [5.74, 6) is -0.0843. The summed E-state index contributed by atoms with van der Waals surface area (Å²) in [5, 5.41) is 5.65. The van der Waals surface area contributed by atoms with E-state index >= 15 is 0 Å². The van der Waals surface area contributed by atoms with E-state index in [4.69, 9.17) is 0 Å². The molecule has 0 aromatic heterocycles. The van der Waals surface area contributed by atoms with Crippen LogP contribution in [-0.2, 0) is 22.4 Å². The van der Waals surface area contributed by atoms with Gasteiger partial charge < -0.3 is 10.6 Å². The number of anilines is 2. The van der Waals surface area contributed by atoms with Gasteiger partial charge in [-0.05, 0) is 45.3 Å². The summed E-state index contributed by atoms with van der Waals surface area (Å²) in [6.45, 7) is 0. The zero-order valence-electron chi connectivity index (χ0n) is 11.2. The van der Waals surface area contributed by atoms with Crippen LogP contribution in [-0.4, -0.2) is 11.8 Å². The molecule has 0 atom stereocenters. The van der Waals surface area contributed by atoms with E-state index in [2.05, 4.69) is 26.6 Å². The normalized spacial score (nSPS) is 12.7. The van der Waals surface area contributed by atoms with E-state index in [1.165, 1.54) is 0 Å². The number of nitrogens with one attached hydrogen (secondary N) is 2. The van der Waals surface area contributed by atoms with Crippen molar-refractivity contribution in [3.8, 4) is 0 Å². The molecule has 4 nitrogen and oxygen atoms in total. The molecule has 0 radical (unpaired) electrons. The highest BCUT2D eigenvalue weighted by molar-refractivity contribution is 9.10. The molecule has 0 spiro atoms. The molecule has 0 saturated heterocycles. The number of rotatable bonds is 3. The Balaban J connectivity index is 1.70. The average molecular weight is 345 g/mol. The highest BCUT2D eigenvalue weighted by Gasteiger charge is 2.18. The number of amides is 2. The third-order valence-electron chi connectivity index (χ3n) is 3.31. The van der Waals surface area contributed by atoms with Gasteiger partial charge in [0.25, 0.3) is 0 Å². The van der Waals surface area contributed by atoms with Crippen LogP contribution in [0, 0.1) is 0 Å². The van der Waals surface area contributed by atoms with Crippen LogP contribution in [0.2, 0.25) is 0 Å². The van der Waals surface area contributed by atoms with Crippen molar-refractivity contribution in [1.29, 1.82) is 0 Å². The second-order valence-corrected chi connectivity index (χ2v) is 5.78. The molecule has 0 fully saturated rings. The second kappa shape index (κ2) is 5.69. The monoisotopic (exact) mass is 344 g/mol. The predicted molar refractivity (Wildman–Crippen MR) is 85.3 cm³/mol. The summed E-state index contributed by atoms with van der Waals surface area (Å²) in [6, 6.07) is 13.1. The Hall–Kier alpha value is -2.14. The molecule has 1 aliphatic heterocycles. The number of halogens is 1. The number of carbonyl (C=O) groups is 2. The zero-order chi connectivity index (χ0) is 14.8. The maximum absolute atomic E-state index is 12.1. The van der Waals surface area contributed by atoms with Gasteiger partial charge in [0, 0.05) is 10.2 Å². The van der Waals surface area contributed by atoms with Crippen LogP contribution in [0.4, 0.5) is 11.4 Å². The van der Waals surface area contributed by atoms with E-state index in [0.29, 0.717) is 6.42 Å². The molecule has 1 aliphatic rings. The molecule has 0 saturated carbocycles. The highest BCUT2D eigenvalue weighted by atomic mass is 79.9. The minimum absolute atomic E-state index is 0.000169. The van der Waals surface area contributed by atoms with Crippen molar-refractivity contribution in [3.63, 3.8) is 0 Å². The number of hydrogen-bond donors (Lipinski definition) is 2. The number of fused-ring (bicyclic) bond motifs is 1. The fourth-order valence-corrected chi connectivity index (χ4v) is 2.72. The Morgan fingerprint density at radius 3 is 2.86 bits per heavy atom. The van der Waals surface area contributed by atoms with Crippen molar-refractivity contribution in [1.82, 2.24) is 0 Å². The van der Waals surface area contributed by atoms with Crippen molar-refractivity contribution in [2.75, 3.05) is 10.6 Å². The van der Waals surface area contributed by atoms with Gasteiger partial charge in [0.15, 0.2) is 0 Å². The van der Waals surface area contributed by atoms with Gasteiger partial charge in [-0.2, -0.15) is 0 Å². The van der Waals surface area contributed by atoms with Crippen LogP contribution in [0.15, 0.2) is 46.9 Å². The molecule has 5 heteroatoms. The standard InChI is InChI=1S/C16H13BrN2O2/c17-12-3-1-2-4-14(12)19-15(20)8-10-5-6-13-11(7-10)9-16(21)18-13/h1-7H,8-9H2,(H,18,21)(H,19,20). The molecule has 2 aromatic carbocycles. The predicted octanol–water partition coefficient (Wildman–Crippen LogP) is 3.12. The van der Waals surface area contributed by atoms with Gasteiger partial charge in [0.1, 0.15) is 0 Å². The molecule has 0 unspecified atom stereocenters. The first kappa shape index (κ1) is 13.8. The van der Waals surface area contributed by atoms with E-state index in [9.17, 15) is 9.59 Å². The maximum Gasteiger partial charge on any atom is 0.228 e. The van der Waals surface area contributed by atoms with E-state index in [1.807, 2.05) is 42.5 Å². The largest absolute Gasteiger partial charge is 0.326 e. The first-order chi connectivity index (χ1) is 10.1. The Kier molecular flexibility index (Phi) is 3.75. The van der Waals surface area contributed by atoms with E-state index in [0.717, 1.165) is 27.0 Å². The molecule has 2 aromatic rings. The average Bonchev–Trinajstić information content (AvgIpc) is 2.80. The number of para-hydroxylation sites is 1. The van der Waals surface area contributed by atoms with Crippen molar-refractivity contribution < 1.29 is 9.59 Å². The summed E-state index contributed by atoms with van der Waals surface area (Å²) < 4.78 is 0.849. The van der Waals surface area contributed by atoms with Gasteiger partial charge in [-0.1, -0.05) is 24.3 Å². The third-order valence-corrected chi connectivity index (χ3v) is 4.00. The second-order valence-electron chi connectivity index (χ2n) is 4.92. The molecule has 0 bridgehead atoms. The van der Waals surface area contributed by atoms with Crippen molar-refractivity contribution in [2.24, 2.45) is 0 Å². The summed E-state index contributed by atoms with van der Waals surface area (Å²) in [4.78, 5) is 23.4. The fourth-order valence-electron chi connectivity index (χ4n) is 2.33. The van der Waals surface area contributed by atoms with Gasteiger partial charge in [-0.15, -0.1) is 0 Å². The molecular weight excluding hydrogens is 332 g/mol. The van der Waals surface area contributed by atoms with Gasteiger partial charge in [-0.3, -0.25) is 9.59 Å². The first-order valence-electron chi connectivity index (χ1n) is 6.58. The van der Waals surface area contributed by atoms with Crippen molar-refractivity contribution in [2.45, 2.75) is 12.8 Å². The number of benzene rings is 2. The highest BCUT2D eigenvalue weighted by Crippen LogP contribution is 2.25. The lowest BCUT2D eigenvalue weighted by Crippen LogP contribution is -2.14. The number of hydrogen-bond acceptors (Lipinski definition) is 2. The Bertz CT molecular complexity index is 728. The summed E-state index contributed by atoms with van der Waals surface area (Å²) in [6.07, 6.45) is 0.665. The Morgan fingerprint density at radius 2 is 2.05 bits per heavy atom. The minimum Gasteiger partial charge on any atom is -0.326 e. The van der Waals surface area contributed by atoms with Gasteiger partial charge >= 0.3 is 0 Å². The van der Waals surface area contributed by atoms with Crippen LogP contribution < -0.4 is 10.6 Å². The van der Waals surface area contributed by atoms with Crippen LogP contribution in [0.1, 0.15) is 11.1 Å². The van der Waals surface area contributed by atoms with Gasteiger partial charge in [0.2, 0.25) is 11.8 Å². The quantitative estimate of drug-likeness (QED) is 0.898. The lowest BCUT2D eigenvalue weighted by atomic mass is 10.1. The molecule has 3 rings (SSSR count). The summed E-state index contributed by atoms with van der Waals surface area (Å²) in [7, 11) is 0. The molecular formula is C16H13BrN2O2. The Labute approximate surface area is 130 Å². The lowest BCUT2D eigenvalue weighted by Gasteiger charge is -2.08. The van der Waals surface area contributed by atoms with Crippen LogP contribution >= 0.6 is 15.9 Å². The summed E-state index contributed by atoms with van der Waals surface area (Å²) in [5.41, 5.74) is 3.44. The van der Waals surface area contributed by atoms with Crippen LogP contribution in [0.3, 0.4) is 0 Å². The molecule has 21 heavy (non-hydrogen) atoms. The topological polar surface area (TPSA) is 58.2 Å². The van der Waals surface area contributed by atoms with Crippen LogP contribution in [0.25, 0.3) is 0 Å². The maximum atomic E-state index is 12.1. The van der Waals surface area contributed by atoms with E-state index < -0.39 is 0 Å². The molecule has 1 heterocycles.